The number of amides is 1. The minimum absolute atomic E-state index is 0.122. The number of hydrogen-bond donors (Lipinski definition) is 0. The highest BCUT2D eigenvalue weighted by atomic mass is 16.5. The van der Waals surface area contributed by atoms with Crippen LogP contribution < -0.4 is 4.74 Å². The predicted octanol–water partition coefficient (Wildman–Crippen LogP) is 2.16. The van der Waals surface area contributed by atoms with E-state index in [-0.39, 0.29) is 6.04 Å². The number of rotatable bonds is 4. The summed E-state index contributed by atoms with van der Waals surface area (Å²) in [5.74, 6) is 0.661. The van der Waals surface area contributed by atoms with E-state index in [1.807, 2.05) is 24.0 Å². The van der Waals surface area contributed by atoms with Crippen molar-refractivity contribution in [2.75, 3.05) is 13.2 Å². The van der Waals surface area contributed by atoms with Gasteiger partial charge in [-0.1, -0.05) is 6.07 Å². The molecule has 0 bridgehead atoms. The second-order valence-corrected chi connectivity index (χ2v) is 4.19. The molecule has 0 saturated carbocycles. The van der Waals surface area contributed by atoms with Crippen LogP contribution in [0.4, 0.5) is 0 Å². The number of carbonyl (C=O) groups excluding carboxylic acids is 1. The highest BCUT2D eigenvalue weighted by Crippen LogP contribution is 2.33. The molecule has 1 aliphatic heterocycles. The maximum atomic E-state index is 11.1. The van der Waals surface area contributed by atoms with Gasteiger partial charge in [0.1, 0.15) is 0 Å². The molecule has 92 valence electrons. The van der Waals surface area contributed by atoms with Gasteiger partial charge in [0.05, 0.1) is 12.6 Å². The zero-order chi connectivity index (χ0) is 12.1. The number of piperidine rings is 1. The Bertz CT molecular complexity index is 381. The molecular weight excluding hydrogens is 216 g/mol. The summed E-state index contributed by atoms with van der Waals surface area (Å²) in [6.45, 7) is 3.36. The van der Waals surface area contributed by atoms with Crippen LogP contribution in [0, 0.1) is 0 Å². The largest absolute Gasteiger partial charge is 0.478 e. The van der Waals surface area contributed by atoms with Gasteiger partial charge >= 0.3 is 0 Å². The van der Waals surface area contributed by atoms with Crippen LogP contribution in [0.3, 0.4) is 0 Å². The van der Waals surface area contributed by atoms with Crippen LogP contribution in [0.15, 0.2) is 18.3 Å². The number of aromatic nitrogens is 1. The van der Waals surface area contributed by atoms with Crippen molar-refractivity contribution < 1.29 is 9.53 Å². The van der Waals surface area contributed by atoms with Gasteiger partial charge in [-0.2, -0.15) is 0 Å². The third kappa shape index (κ3) is 2.57. The molecule has 0 spiro atoms. The van der Waals surface area contributed by atoms with E-state index in [2.05, 4.69) is 4.98 Å². The lowest BCUT2D eigenvalue weighted by Crippen LogP contribution is -2.32. The molecule has 4 nitrogen and oxygen atoms in total. The lowest BCUT2D eigenvalue weighted by molar-refractivity contribution is -0.121. The van der Waals surface area contributed by atoms with Gasteiger partial charge in [-0.05, 0) is 32.3 Å². The zero-order valence-corrected chi connectivity index (χ0v) is 10.1. The maximum absolute atomic E-state index is 11.1. The van der Waals surface area contributed by atoms with E-state index in [0.717, 1.165) is 37.8 Å². The first kappa shape index (κ1) is 11.9. The van der Waals surface area contributed by atoms with E-state index in [4.69, 9.17) is 4.74 Å². The van der Waals surface area contributed by atoms with Crippen LogP contribution >= 0.6 is 0 Å². The molecule has 4 heteroatoms. The van der Waals surface area contributed by atoms with E-state index in [1.165, 1.54) is 0 Å². The van der Waals surface area contributed by atoms with Crippen LogP contribution in [0.1, 0.15) is 37.8 Å². The highest BCUT2D eigenvalue weighted by molar-refractivity contribution is 5.50. The molecule has 0 N–H and O–H groups in total. The molecular formula is C13H18N2O2. The average Bonchev–Trinajstić information content (AvgIpc) is 2.40. The van der Waals surface area contributed by atoms with E-state index in [1.54, 1.807) is 6.20 Å². The molecule has 1 aromatic heterocycles. The third-order valence-electron chi connectivity index (χ3n) is 3.12. The Balaban J connectivity index is 2.27. The van der Waals surface area contributed by atoms with Gasteiger partial charge in [-0.15, -0.1) is 0 Å². The molecule has 2 heterocycles. The van der Waals surface area contributed by atoms with Crippen LogP contribution in [-0.4, -0.2) is 29.4 Å². The van der Waals surface area contributed by atoms with Crippen molar-refractivity contribution in [3.8, 4) is 5.88 Å². The summed E-state index contributed by atoms with van der Waals surface area (Å²) in [6.07, 6.45) is 5.88. The van der Waals surface area contributed by atoms with Crippen molar-refractivity contribution >= 4 is 6.41 Å². The fourth-order valence-electron chi connectivity index (χ4n) is 2.33. The van der Waals surface area contributed by atoms with Crippen molar-refractivity contribution in [3.05, 3.63) is 23.9 Å². The molecule has 1 fully saturated rings. The summed E-state index contributed by atoms with van der Waals surface area (Å²) in [4.78, 5) is 17.2. The summed E-state index contributed by atoms with van der Waals surface area (Å²) in [5, 5.41) is 0. The summed E-state index contributed by atoms with van der Waals surface area (Å²) in [5.41, 5.74) is 1.03. The third-order valence-corrected chi connectivity index (χ3v) is 3.12. The van der Waals surface area contributed by atoms with Crippen molar-refractivity contribution in [1.29, 1.82) is 0 Å². The van der Waals surface area contributed by atoms with Gasteiger partial charge in [0.25, 0.3) is 0 Å². The Morgan fingerprint density at radius 2 is 2.47 bits per heavy atom. The van der Waals surface area contributed by atoms with E-state index < -0.39 is 0 Å². The molecule has 0 aliphatic carbocycles. The van der Waals surface area contributed by atoms with Crippen LogP contribution in [0.2, 0.25) is 0 Å². The van der Waals surface area contributed by atoms with Crippen molar-refractivity contribution in [3.63, 3.8) is 0 Å². The molecule has 0 unspecified atom stereocenters. The molecule has 0 aromatic carbocycles. The van der Waals surface area contributed by atoms with Crippen molar-refractivity contribution in [1.82, 2.24) is 9.88 Å². The molecule has 1 aromatic rings. The van der Waals surface area contributed by atoms with Gasteiger partial charge in [0.15, 0.2) is 0 Å². The van der Waals surface area contributed by atoms with Gasteiger partial charge in [-0.25, -0.2) is 4.98 Å². The van der Waals surface area contributed by atoms with Gasteiger partial charge < -0.3 is 9.64 Å². The first-order valence-corrected chi connectivity index (χ1v) is 6.15. The average molecular weight is 234 g/mol. The molecule has 17 heavy (non-hydrogen) atoms. The minimum Gasteiger partial charge on any atom is -0.478 e. The number of likely N-dealkylation sites (tertiary alicyclic amines) is 1. The van der Waals surface area contributed by atoms with Gasteiger partial charge in [0, 0.05) is 18.3 Å². The quantitative estimate of drug-likeness (QED) is 0.750. The zero-order valence-electron chi connectivity index (χ0n) is 10.1. The lowest BCUT2D eigenvalue weighted by atomic mass is 9.96. The normalized spacial score (nSPS) is 20.1. The summed E-state index contributed by atoms with van der Waals surface area (Å²) in [7, 11) is 0. The molecule has 1 atom stereocenters. The Kier molecular flexibility index (Phi) is 3.96. The Morgan fingerprint density at radius 3 is 3.24 bits per heavy atom. The van der Waals surface area contributed by atoms with E-state index in [0.29, 0.717) is 12.5 Å². The summed E-state index contributed by atoms with van der Waals surface area (Å²) >= 11 is 0. The van der Waals surface area contributed by atoms with Crippen LogP contribution in [0.5, 0.6) is 5.88 Å². The summed E-state index contributed by atoms with van der Waals surface area (Å²) < 4.78 is 5.53. The first-order valence-electron chi connectivity index (χ1n) is 6.15. The smallest absolute Gasteiger partial charge is 0.218 e. The van der Waals surface area contributed by atoms with Crippen molar-refractivity contribution in [2.24, 2.45) is 0 Å². The van der Waals surface area contributed by atoms with Gasteiger partial charge in [-0.3, -0.25) is 4.79 Å². The standard InChI is InChI=1S/C13H18N2O2/c1-2-17-13-11(6-5-8-14-13)12-7-3-4-9-15(12)10-16/h5-6,8,10,12H,2-4,7,9H2,1H3/t12-/m0/s1. The Morgan fingerprint density at radius 1 is 1.59 bits per heavy atom. The Hall–Kier alpha value is -1.58. The number of ether oxygens (including phenoxy) is 1. The second-order valence-electron chi connectivity index (χ2n) is 4.19. The van der Waals surface area contributed by atoms with Crippen molar-refractivity contribution in [2.45, 2.75) is 32.2 Å². The van der Waals surface area contributed by atoms with Crippen LogP contribution in [-0.2, 0) is 4.79 Å². The SMILES string of the molecule is CCOc1ncccc1[C@@H]1CCCCN1C=O. The molecule has 1 aliphatic rings. The first-order chi connectivity index (χ1) is 8.36. The lowest BCUT2D eigenvalue weighted by Gasteiger charge is -2.33. The second kappa shape index (κ2) is 5.66. The van der Waals surface area contributed by atoms with E-state index in [9.17, 15) is 4.79 Å². The fourth-order valence-corrected chi connectivity index (χ4v) is 2.33. The number of carbonyl (C=O) groups is 1. The molecule has 1 amide bonds. The number of pyridine rings is 1. The number of nitrogens with zero attached hydrogens (tertiary/aromatic N) is 2. The van der Waals surface area contributed by atoms with Gasteiger partial charge in [0.2, 0.25) is 12.3 Å². The number of hydrogen-bond acceptors (Lipinski definition) is 3. The topological polar surface area (TPSA) is 42.4 Å². The maximum Gasteiger partial charge on any atom is 0.218 e. The monoisotopic (exact) mass is 234 g/mol. The molecule has 1 saturated heterocycles. The minimum atomic E-state index is 0.122. The van der Waals surface area contributed by atoms with Crippen LogP contribution in [0.25, 0.3) is 0 Å². The highest BCUT2D eigenvalue weighted by Gasteiger charge is 2.25. The molecule has 2 rings (SSSR count). The fraction of sp³-hybridized carbons (Fsp3) is 0.538. The predicted molar refractivity (Wildman–Crippen MR) is 64.8 cm³/mol. The summed E-state index contributed by atoms with van der Waals surface area (Å²) in [6, 6.07) is 4.02. The Labute approximate surface area is 102 Å². The molecule has 0 radical (unpaired) electrons. The van der Waals surface area contributed by atoms with E-state index >= 15 is 0 Å².